The number of hydrogen-bond donors (Lipinski definition) is 4. The topological polar surface area (TPSA) is 91.5 Å². The van der Waals surface area contributed by atoms with Gasteiger partial charge in [0.1, 0.15) is 6.04 Å². The number of hydrogen-bond acceptors (Lipinski definition) is 3. The third-order valence-corrected chi connectivity index (χ3v) is 2.23. The normalized spacial score (nSPS) is 12.7. The molecule has 1 unspecified atom stereocenters. The number of nitrogens with two attached hydrogens (primary N) is 1. The molecule has 6 nitrogen and oxygen atoms in total. The molecule has 0 bridgehead atoms. The minimum Gasteiger partial charge on any atom is -0.355 e. The number of hydrazine groups is 1. The highest BCUT2D eigenvalue weighted by Gasteiger charge is 2.11. The number of benzene rings is 1. The molecule has 1 aromatic rings. The molecule has 18 heavy (non-hydrogen) atoms. The van der Waals surface area contributed by atoms with Gasteiger partial charge in [-0.3, -0.25) is 10.2 Å². The van der Waals surface area contributed by atoms with Crippen molar-refractivity contribution in [2.75, 3.05) is 11.9 Å². The smallest absolute Gasteiger partial charge is 0.244 e. The molecule has 1 atom stereocenters. The van der Waals surface area contributed by atoms with Crippen LogP contribution in [0.3, 0.4) is 0 Å². The summed E-state index contributed by atoms with van der Waals surface area (Å²) < 4.78 is 0. The van der Waals surface area contributed by atoms with E-state index in [0.29, 0.717) is 12.5 Å². The first-order chi connectivity index (χ1) is 8.67. The second kappa shape index (κ2) is 7.29. The van der Waals surface area contributed by atoms with E-state index in [4.69, 9.17) is 5.84 Å². The lowest BCUT2D eigenvalue weighted by Gasteiger charge is -2.12. The molecule has 98 valence electrons. The van der Waals surface area contributed by atoms with E-state index in [1.807, 2.05) is 37.3 Å². The molecule has 0 saturated heterocycles. The Labute approximate surface area is 107 Å². The maximum Gasteiger partial charge on any atom is 0.244 e. The van der Waals surface area contributed by atoms with Crippen LogP contribution in [0.4, 0.5) is 5.69 Å². The second-order valence-electron chi connectivity index (χ2n) is 3.68. The summed E-state index contributed by atoms with van der Waals surface area (Å²) in [6.07, 6.45) is 0. The van der Waals surface area contributed by atoms with Crippen LogP contribution in [0.1, 0.15) is 13.8 Å². The fourth-order valence-corrected chi connectivity index (χ4v) is 1.34. The van der Waals surface area contributed by atoms with Gasteiger partial charge in [-0.25, -0.2) is 10.8 Å². The zero-order chi connectivity index (χ0) is 13.4. The molecule has 0 aliphatic heterocycles. The Hall–Kier alpha value is -2.08. The fraction of sp³-hybridized carbons (Fsp3) is 0.333. The molecule has 1 rings (SSSR count). The van der Waals surface area contributed by atoms with E-state index in [1.165, 1.54) is 0 Å². The highest BCUT2D eigenvalue weighted by molar-refractivity contribution is 5.95. The summed E-state index contributed by atoms with van der Waals surface area (Å²) in [5.74, 6) is 5.58. The zero-order valence-corrected chi connectivity index (χ0v) is 10.6. The Kier molecular flexibility index (Phi) is 5.66. The third-order valence-electron chi connectivity index (χ3n) is 2.23. The van der Waals surface area contributed by atoms with E-state index in [2.05, 4.69) is 21.1 Å². The number of rotatable bonds is 4. The maximum atomic E-state index is 11.5. The maximum absolute atomic E-state index is 11.5. The van der Waals surface area contributed by atoms with Gasteiger partial charge in [-0.2, -0.15) is 0 Å². The van der Waals surface area contributed by atoms with Crippen LogP contribution in [-0.2, 0) is 4.79 Å². The molecule has 0 aliphatic rings. The van der Waals surface area contributed by atoms with Crippen molar-refractivity contribution < 1.29 is 4.79 Å². The van der Waals surface area contributed by atoms with E-state index in [-0.39, 0.29) is 5.91 Å². The Morgan fingerprint density at radius 1 is 1.39 bits per heavy atom. The van der Waals surface area contributed by atoms with Crippen LogP contribution >= 0.6 is 0 Å². The molecule has 0 aliphatic carbocycles. The standard InChI is InChI=1S/C12H19N5O/c1-3-14-11(18)9(2)15-12(17-13)16-10-7-5-4-6-8-10/h4-9H,3,13H2,1-2H3,(H,14,18)(H2,15,16,17). The van der Waals surface area contributed by atoms with Crippen LogP contribution in [0, 0.1) is 0 Å². The van der Waals surface area contributed by atoms with Gasteiger partial charge in [0.2, 0.25) is 11.9 Å². The number of para-hydroxylation sites is 1. The van der Waals surface area contributed by atoms with Crippen molar-refractivity contribution in [2.45, 2.75) is 19.9 Å². The molecule has 1 amide bonds. The highest BCUT2D eigenvalue weighted by Crippen LogP contribution is 2.04. The number of carbonyl (C=O) groups excluding carboxylic acids is 1. The molecule has 0 aromatic heterocycles. The van der Waals surface area contributed by atoms with Crippen LogP contribution < -0.4 is 21.9 Å². The first-order valence-electron chi connectivity index (χ1n) is 5.81. The lowest BCUT2D eigenvalue weighted by molar-refractivity contribution is -0.121. The van der Waals surface area contributed by atoms with Crippen molar-refractivity contribution in [1.29, 1.82) is 0 Å². The summed E-state index contributed by atoms with van der Waals surface area (Å²) in [6.45, 7) is 4.14. The Morgan fingerprint density at radius 3 is 2.61 bits per heavy atom. The second-order valence-corrected chi connectivity index (χ2v) is 3.68. The van der Waals surface area contributed by atoms with E-state index in [0.717, 1.165) is 5.69 Å². The van der Waals surface area contributed by atoms with Gasteiger partial charge in [-0.05, 0) is 26.0 Å². The number of aliphatic imine (C=N–C) groups is 1. The number of guanidine groups is 1. The molecular formula is C12H19N5O. The lowest BCUT2D eigenvalue weighted by atomic mass is 10.3. The van der Waals surface area contributed by atoms with Gasteiger partial charge in [0.25, 0.3) is 0 Å². The van der Waals surface area contributed by atoms with Gasteiger partial charge < -0.3 is 10.6 Å². The van der Waals surface area contributed by atoms with Gasteiger partial charge in [-0.15, -0.1) is 0 Å². The third kappa shape index (κ3) is 4.42. The van der Waals surface area contributed by atoms with Crippen molar-refractivity contribution in [3.63, 3.8) is 0 Å². The summed E-state index contributed by atoms with van der Waals surface area (Å²) in [5.41, 5.74) is 3.28. The Balaban J connectivity index is 2.68. The van der Waals surface area contributed by atoms with Crippen LogP contribution in [0.25, 0.3) is 0 Å². The number of amides is 1. The average molecular weight is 249 g/mol. The van der Waals surface area contributed by atoms with Crippen molar-refractivity contribution in [3.8, 4) is 0 Å². The van der Waals surface area contributed by atoms with Crippen LogP contribution in [0.2, 0.25) is 0 Å². The monoisotopic (exact) mass is 249 g/mol. The summed E-state index contributed by atoms with van der Waals surface area (Å²) in [4.78, 5) is 15.7. The molecule has 0 radical (unpaired) electrons. The molecule has 6 heteroatoms. The van der Waals surface area contributed by atoms with Crippen LogP contribution in [-0.4, -0.2) is 24.5 Å². The van der Waals surface area contributed by atoms with Crippen molar-refractivity contribution >= 4 is 17.6 Å². The van der Waals surface area contributed by atoms with Gasteiger partial charge >= 0.3 is 0 Å². The molecule has 0 saturated carbocycles. The van der Waals surface area contributed by atoms with Crippen molar-refractivity contribution in [2.24, 2.45) is 10.8 Å². The zero-order valence-electron chi connectivity index (χ0n) is 10.6. The van der Waals surface area contributed by atoms with E-state index in [1.54, 1.807) is 6.92 Å². The number of likely N-dealkylation sites (N-methyl/N-ethyl adjacent to an activating group) is 1. The fourth-order valence-electron chi connectivity index (χ4n) is 1.34. The highest BCUT2D eigenvalue weighted by atomic mass is 16.2. The largest absolute Gasteiger partial charge is 0.355 e. The molecule has 0 heterocycles. The van der Waals surface area contributed by atoms with Crippen molar-refractivity contribution in [3.05, 3.63) is 30.3 Å². The minimum absolute atomic E-state index is 0.139. The number of anilines is 1. The quantitative estimate of drug-likeness (QED) is 0.270. The number of carbonyl (C=O) groups is 1. The number of nitrogens with zero attached hydrogens (tertiary/aromatic N) is 1. The molecule has 1 aromatic carbocycles. The first kappa shape index (κ1) is 14.0. The van der Waals surface area contributed by atoms with Crippen LogP contribution in [0.5, 0.6) is 0 Å². The van der Waals surface area contributed by atoms with Gasteiger partial charge in [0, 0.05) is 12.2 Å². The van der Waals surface area contributed by atoms with Crippen molar-refractivity contribution in [1.82, 2.24) is 10.7 Å². The number of nitrogens with one attached hydrogen (secondary N) is 3. The summed E-state index contributed by atoms with van der Waals surface area (Å²) in [7, 11) is 0. The molecular weight excluding hydrogens is 230 g/mol. The van der Waals surface area contributed by atoms with Gasteiger partial charge in [-0.1, -0.05) is 18.2 Å². The lowest BCUT2D eigenvalue weighted by Crippen LogP contribution is -2.39. The summed E-state index contributed by atoms with van der Waals surface area (Å²) in [6, 6.07) is 8.95. The minimum atomic E-state index is -0.507. The van der Waals surface area contributed by atoms with E-state index >= 15 is 0 Å². The summed E-state index contributed by atoms with van der Waals surface area (Å²) >= 11 is 0. The SMILES string of the molecule is CCNC(=O)C(C)N=C(NN)Nc1ccccc1. The van der Waals surface area contributed by atoms with E-state index < -0.39 is 6.04 Å². The molecule has 0 spiro atoms. The van der Waals surface area contributed by atoms with E-state index in [9.17, 15) is 4.79 Å². The molecule has 0 fully saturated rings. The first-order valence-corrected chi connectivity index (χ1v) is 5.81. The van der Waals surface area contributed by atoms with Crippen LogP contribution in [0.15, 0.2) is 35.3 Å². The summed E-state index contributed by atoms with van der Waals surface area (Å²) in [5, 5.41) is 5.69. The predicted octanol–water partition coefficient (Wildman–Crippen LogP) is 0.442. The average Bonchev–Trinajstić information content (AvgIpc) is 2.39. The molecule has 5 N–H and O–H groups in total. The Bertz CT molecular complexity index is 404. The van der Waals surface area contributed by atoms with Gasteiger partial charge in [0.05, 0.1) is 0 Å². The Morgan fingerprint density at radius 2 is 2.06 bits per heavy atom. The van der Waals surface area contributed by atoms with Gasteiger partial charge in [0.15, 0.2) is 0 Å². The predicted molar refractivity (Wildman–Crippen MR) is 73.0 cm³/mol.